The normalized spacial score (nSPS) is 23.7. The molecular weight excluding hydrogens is 250 g/mol. The summed E-state index contributed by atoms with van der Waals surface area (Å²) >= 11 is 5.84. The third kappa shape index (κ3) is 3.16. The van der Waals surface area contributed by atoms with Gasteiger partial charge in [0, 0.05) is 11.7 Å². The van der Waals surface area contributed by atoms with Gasteiger partial charge in [-0.25, -0.2) is 4.79 Å². The molecule has 0 saturated heterocycles. The average Bonchev–Trinajstić information content (AvgIpc) is 2.34. The van der Waals surface area contributed by atoms with Crippen molar-refractivity contribution in [3.8, 4) is 0 Å². The fourth-order valence-electron chi connectivity index (χ4n) is 2.42. The Morgan fingerprint density at radius 1 is 1.33 bits per heavy atom. The van der Waals surface area contributed by atoms with Gasteiger partial charge in [0.15, 0.2) is 0 Å². The van der Waals surface area contributed by atoms with Crippen LogP contribution in [0.3, 0.4) is 0 Å². The lowest BCUT2D eigenvalue weighted by Gasteiger charge is -2.27. The number of rotatable bonds is 3. The third-order valence-electron chi connectivity index (χ3n) is 3.58. The molecule has 0 radical (unpaired) electrons. The van der Waals surface area contributed by atoms with Crippen LogP contribution in [0.2, 0.25) is 5.02 Å². The Kier molecular flexibility index (Phi) is 4.12. The Morgan fingerprint density at radius 3 is 2.61 bits per heavy atom. The molecule has 1 aromatic carbocycles. The summed E-state index contributed by atoms with van der Waals surface area (Å²) in [5, 5.41) is 12.7. The minimum atomic E-state index is -0.985. The molecule has 1 fully saturated rings. The van der Waals surface area contributed by atoms with Crippen LogP contribution >= 0.6 is 11.6 Å². The van der Waals surface area contributed by atoms with Crippen molar-refractivity contribution >= 4 is 23.3 Å². The molecule has 0 aliphatic heterocycles. The van der Waals surface area contributed by atoms with E-state index in [2.05, 4.69) is 12.2 Å². The number of halogens is 1. The number of benzene rings is 1. The zero-order chi connectivity index (χ0) is 13.1. The number of nitrogens with one attached hydrogen (secondary N) is 1. The third-order valence-corrected chi connectivity index (χ3v) is 3.91. The Balaban J connectivity index is 2.05. The SMILES string of the molecule is CC1CCC(Nc2ccc(Cl)c(C(=O)O)c2)CC1. The number of carbonyl (C=O) groups is 1. The Morgan fingerprint density at radius 2 is 2.00 bits per heavy atom. The molecule has 0 amide bonds. The van der Waals surface area contributed by atoms with Gasteiger partial charge in [0.1, 0.15) is 0 Å². The van der Waals surface area contributed by atoms with E-state index >= 15 is 0 Å². The molecule has 0 spiro atoms. The highest BCUT2D eigenvalue weighted by Crippen LogP contribution is 2.27. The van der Waals surface area contributed by atoms with Crippen LogP contribution in [-0.2, 0) is 0 Å². The van der Waals surface area contributed by atoms with Crippen molar-refractivity contribution in [2.75, 3.05) is 5.32 Å². The van der Waals surface area contributed by atoms with E-state index in [0.29, 0.717) is 6.04 Å². The fourth-order valence-corrected chi connectivity index (χ4v) is 2.62. The molecule has 4 heteroatoms. The lowest BCUT2D eigenvalue weighted by Crippen LogP contribution is -2.25. The Hall–Kier alpha value is -1.22. The van der Waals surface area contributed by atoms with E-state index in [0.717, 1.165) is 24.4 Å². The Labute approximate surface area is 112 Å². The molecule has 2 rings (SSSR count). The van der Waals surface area contributed by atoms with E-state index in [1.54, 1.807) is 12.1 Å². The molecule has 0 heterocycles. The minimum Gasteiger partial charge on any atom is -0.478 e. The molecule has 1 saturated carbocycles. The van der Waals surface area contributed by atoms with E-state index < -0.39 is 5.97 Å². The summed E-state index contributed by atoms with van der Waals surface area (Å²) in [6.07, 6.45) is 4.76. The van der Waals surface area contributed by atoms with Crippen LogP contribution in [0.4, 0.5) is 5.69 Å². The summed E-state index contributed by atoms with van der Waals surface area (Å²) < 4.78 is 0. The lowest BCUT2D eigenvalue weighted by molar-refractivity contribution is 0.0697. The standard InChI is InChI=1S/C14H18ClNO2/c1-9-2-4-10(5-3-9)16-11-6-7-13(15)12(8-11)14(17)18/h6-10,16H,2-5H2,1H3,(H,17,18). The van der Waals surface area contributed by atoms with Crippen LogP contribution in [0.5, 0.6) is 0 Å². The van der Waals surface area contributed by atoms with Gasteiger partial charge in [-0.2, -0.15) is 0 Å². The van der Waals surface area contributed by atoms with Crippen LogP contribution in [0.15, 0.2) is 18.2 Å². The topological polar surface area (TPSA) is 49.3 Å². The maximum absolute atomic E-state index is 11.0. The molecule has 98 valence electrons. The molecule has 0 aromatic heterocycles. The van der Waals surface area contributed by atoms with Gasteiger partial charge < -0.3 is 10.4 Å². The summed E-state index contributed by atoms with van der Waals surface area (Å²) in [7, 11) is 0. The van der Waals surface area contributed by atoms with Crippen molar-refractivity contribution in [1.29, 1.82) is 0 Å². The second-order valence-electron chi connectivity index (χ2n) is 5.10. The fraction of sp³-hybridized carbons (Fsp3) is 0.500. The highest BCUT2D eigenvalue weighted by atomic mass is 35.5. The van der Waals surface area contributed by atoms with Gasteiger partial charge in [0.25, 0.3) is 0 Å². The zero-order valence-electron chi connectivity index (χ0n) is 10.4. The van der Waals surface area contributed by atoms with Crippen molar-refractivity contribution in [3.63, 3.8) is 0 Å². The first-order chi connectivity index (χ1) is 8.56. The number of carboxylic acid groups (broad SMARTS) is 1. The number of carboxylic acids is 1. The molecule has 0 unspecified atom stereocenters. The number of aromatic carboxylic acids is 1. The molecule has 0 bridgehead atoms. The maximum Gasteiger partial charge on any atom is 0.337 e. The second kappa shape index (κ2) is 5.61. The van der Waals surface area contributed by atoms with Gasteiger partial charge in [-0.3, -0.25) is 0 Å². The number of hydrogen-bond donors (Lipinski definition) is 2. The molecule has 1 aliphatic rings. The number of hydrogen-bond acceptors (Lipinski definition) is 2. The van der Waals surface area contributed by atoms with Gasteiger partial charge in [-0.15, -0.1) is 0 Å². The monoisotopic (exact) mass is 267 g/mol. The molecule has 1 aliphatic carbocycles. The molecular formula is C14H18ClNO2. The number of anilines is 1. The van der Waals surface area contributed by atoms with Crippen LogP contribution in [0.1, 0.15) is 43.0 Å². The van der Waals surface area contributed by atoms with Gasteiger partial charge in [0.2, 0.25) is 0 Å². The molecule has 2 N–H and O–H groups in total. The first-order valence-electron chi connectivity index (χ1n) is 6.35. The van der Waals surface area contributed by atoms with E-state index in [-0.39, 0.29) is 10.6 Å². The Bertz CT molecular complexity index is 439. The van der Waals surface area contributed by atoms with Gasteiger partial charge in [-0.1, -0.05) is 18.5 Å². The molecule has 3 nitrogen and oxygen atoms in total. The lowest BCUT2D eigenvalue weighted by atomic mass is 9.87. The van der Waals surface area contributed by atoms with Crippen molar-refractivity contribution in [2.24, 2.45) is 5.92 Å². The van der Waals surface area contributed by atoms with Crippen molar-refractivity contribution < 1.29 is 9.90 Å². The van der Waals surface area contributed by atoms with Crippen LogP contribution in [0.25, 0.3) is 0 Å². The average molecular weight is 268 g/mol. The van der Waals surface area contributed by atoms with Crippen molar-refractivity contribution in [1.82, 2.24) is 0 Å². The van der Waals surface area contributed by atoms with E-state index in [1.165, 1.54) is 12.8 Å². The summed E-state index contributed by atoms with van der Waals surface area (Å²) in [6, 6.07) is 5.54. The summed E-state index contributed by atoms with van der Waals surface area (Å²) in [5.41, 5.74) is 1.00. The summed E-state index contributed by atoms with van der Waals surface area (Å²) in [4.78, 5) is 11.0. The quantitative estimate of drug-likeness (QED) is 0.869. The van der Waals surface area contributed by atoms with E-state index in [9.17, 15) is 4.79 Å². The van der Waals surface area contributed by atoms with Gasteiger partial charge in [0.05, 0.1) is 10.6 Å². The second-order valence-corrected chi connectivity index (χ2v) is 5.51. The maximum atomic E-state index is 11.0. The molecule has 18 heavy (non-hydrogen) atoms. The van der Waals surface area contributed by atoms with Gasteiger partial charge >= 0.3 is 5.97 Å². The molecule has 0 atom stereocenters. The zero-order valence-corrected chi connectivity index (χ0v) is 11.2. The first-order valence-corrected chi connectivity index (χ1v) is 6.73. The van der Waals surface area contributed by atoms with Crippen molar-refractivity contribution in [3.05, 3.63) is 28.8 Å². The highest BCUT2D eigenvalue weighted by molar-refractivity contribution is 6.33. The smallest absolute Gasteiger partial charge is 0.337 e. The van der Waals surface area contributed by atoms with Crippen LogP contribution < -0.4 is 5.32 Å². The van der Waals surface area contributed by atoms with E-state index in [4.69, 9.17) is 16.7 Å². The first kappa shape index (κ1) is 13.2. The summed E-state index contributed by atoms with van der Waals surface area (Å²) in [6.45, 7) is 2.28. The predicted octanol–water partition coefficient (Wildman–Crippen LogP) is 4.03. The van der Waals surface area contributed by atoms with Crippen LogP contribution in [0, 0.1) is 5.92 Å². The molecule has 1 aromatic rings. The summed E-state index contributed by atoms with van der Waals surface area (Å²) in [5.74, 6) is -0.177. The largest absolute Gasteiger partial charge is 0.478 e. The van der Waals surface area contributed by atoms with Crippen LogP contribution in [-0.4, -0.2) is 17.1 Å². The van der Waals surface area contributed by atoms with Crippen molar-refractivity contribution in [2.45, 2.75) is 38.6 Å². The predicted molar refractivity (Wildman–Crippen MR) is 73.5 cm³/mol. The van der Waals surface area contributed by atoms with Gasteiger partial charge in [-0.05, 0) is 49.8 Å². The minimum absolute atomic E-state index is 0.158. The van der Waals surface area contributed by atoms with E-state index in [1.807, 2.05) is 6.07 Å². The highest BCUT2D eigenvalue weighted by Gasteiger charge is 2.18.